The number of nitrogens with zero attached hydrogens (tertiary/aromatic N) is 3. The zero-order valence-corrected chi connectivity index (χ0v) is 19.7. The lowest BCUT2D eigenvalue weighted by molar-refractivity contribution is -0.125. The van der Waals surface area contributed by atoms with Crippen LogP contribution in [0, 0.1) is 5.82 Å². The fourth-order valence-electron chi connectivity index (χ4n) is 4.48. The number of halogens is 1. The molecule has 2 aromatic carbocycles. The van der Waals surface area contributed by atoms with Crippen LogP contribution in [0.2, 0.25) is 0 Å². The topological polar surface area (TPSA) is 65.1 Å². The first-order valence-electron chi connectivity index (χ1n) is 12.1. The van der Waals surface area contributed by atoms with Gasteiger partial charge in [-0.05, 0) is 56.3 Å². The van der Waals surface area contributed by atoms with Crippen molar-refractivity contribution in [3.05, 3.63) is 54.3 Å². The highest BCUT2D eigenvalue weighted by atomic mass is 19.1. The van der Waals surface area contributed by atoms with E-state index in [0.29, 0.717) is 18.8 Å². The van der Waals surface area contributed by atoms with Crippen LogP contribution in [-0.4, -0.2) is 68.6 Å². The lowest BCUT2D eigenvalue weighted by Gasteiger charge is -2.36. The number of ether oxygens (including phenoxy) is 1. The summed E-state index contributed by atoms with van der Waals surface area (Å²) in [6.07, 6.45) is 1.15. The minimum atomic E-state index is -0.213. The highest BCUT2D eigenvalue weighted by Crippen LogP contribution is 2.33. The van der Waals surface area contributed by atoms with Crippen LogP contribution in [0.25, 0.3) is 0 Å². The molecule has 0 unspecified atom stereocenters. The molecule has 4 rings (SSSR count). The highest BCUT2D eigenvalue weighted by Gasteiger charge is 2.27. The molecule has 0 aromatic heterocycles. The van der Waals surface area contributed by atoms with Gasteiger partial charge in [0.15, 0.2) is 0 Å². The quantitative estimate of drug-likeness (QED) is 0.604. The number of benzene rings is 2. The SMILES string of the molecule is C[C@H]1CN(C(=O)CCC(=O)NCCCN2CCN(c3ccc(F)cc3)CC2)c2ccccc2O1. The molecule has 0 radical (unpaired) electrons. The molecule has 0 bridgehead atoms. The number of rotatable bonds is 8. The molecular weight excluding hydrogens is 435 g/mol. The molecule has 1 fully saturated rings. The summed E-state index contributed by atoms with van der Waals surface area (Å²) in [4.78, 5) is 31.4. The van der Waals surface area contributed by atoms with Gasteiger partial charge in [-0.2, -0.15) is 0 Å². The van der Waals surface area contributed by atoms with Crippen LogP contribution in [0.4, 0.5) is 15.8 Å². The third-order valence-corrected chi connectivity index (χ3v) is 6.33. The Kier molecular flexibility index (Phi) is 8.00. The third-order valence-electron chi connectivity index (χ3n) is 6.33. The van der Waals surface area contributed by atoms with Crippen LogP contribution in [0.15, 0.2) is 48.5 Å². The number of carbonyl (C=O) groups is 2. The summed E-state index contributed by atoms with van der Waals surface area (Å²) in [5.41, 5.74) is 1.82. The lowest BCUT2D eigenvalue weighted by Crippen LogP contribution is -2.47. The average Bonchev–Trinajstić information content (AvgIpc) is 2.85. The number of hydrogen-bond donors (Lipinski definition) is 1. The summed E-state index contributed by atoms with van der Waals surface area (Å²) in [6, 6.07) is 14.1. The monoisotopic (exact) mass is 468 g/mol. The van der Waals surface area contributed by atoms with Gasteiger partial charge in [-0.15, -0.1) is 0 Å². The molecule has 0 spiro atoms. The molecule has 1 saturated heterocycles. The van der Waals surface area contributed by atoms with Crippen molar-refractivity contribution in [2.75, 3.05) is 55.6 Å². The predicted octanol–water partition coefficient (Wildman–Crippen LogP) is 3.05. The van der Waals surface area contributed by atoms with E-state index in [2.05, 4.69) is 15.1 Å². The van der Waals surface area contributed by atoms with Crippen molar-refractivity contribution >= 4 is 23.2 Å². The normalized spacial score (nSPS) is 18.2. The van der Waals surface area contributed by atoms with Gasteiger partial charge in [0.2, 0.25) is 11.8 Å². The predicted molar refractivity (Wildman–Crippen MR) is 131 cm³/mol. The first-order chi connectivity index (χ1) is 16.5. The minimum absolute atomic E-state index is 0.0585. The highest BCUT2D eigenvalue weighted by molar-refractivity contribution is 5.97. The molecule has 1 N–H and O–H groups in total. The van der Waals surface area contributed by atoms with Crippen molar-refractivity contribution < 1.29 is 18.7 Å². The first-order valence-corrected chi connectivity index (χ1v) is 12.1. The molecule has 2 aliphatic heterocycles. The van der Waals surface area contributed by atoms with Gasteiger partial charge in [0.05, 0.1) is 12.2 Å². The summed E-state index contributed by atoms with van der Waals surface area (Å²) < 4.78 is 18.9. The second-order valence-electron chi connectivity index (χ2n) is 8.91. The maximum absolute atomic E-state index is 13.1. The molecule has 2 aromatic rings. The van der Waals surface area contributed by atoms with E-state index in [1.807, 2.05) is 43.3 Å². The summed E-state index contributed by atoms with van der Waals surface area (Å²) in [7, 11) is 0. The number of para-hydroxylation sites is 2. The Labute approximate surface area is 200 Å². The minimum Gasteiger partial charge on any atom is -0.487 e. The molecule has 1 atom stereocenters. The molecule has 182 valence electrons. The number of hydrogen-bond acceptors (Lipinski definition) is 5. The molecule has 8 heteroatoms. The third kappa shape index (κ3) is 6.26. The van der Waals surface area contributed by atoms with Gasteiger partial charge in [-0.3, -0.25) is 14.5 Å². The van der Waals surface area contributed by atoms with Gasteiger partial charge in [0.1, 0.15) is 17.7 Å². The van der Waals surface area contributed by atoms with E-state index in [4.69, 9.17) is 4.74 Å². The lowest BCUT2D eigenvalue weighted by atomic mass is 10.1. The Morgan fingerprint density at radius 3 is 2.53 bits per heavy atom. The molecule has 0 aliphatic carbocycles. The van der Waals surface area contributed by atoms with Crippen LogP contribution in [0.3, 0.4) is 0 Å². The van der Waals surface area contributed by atoms with E-state index in [1.54, 1.807) is 4.90 Å². The van der Waals surface area contributed by atoms with Crippen LogP contribution in [0.5, 0.6) is 5.75 Å². The van der Waals surface area contributed by atoms with Crippen LogP contribution in [-0.2, 0) is 9.59 Å². The van der Waals surface area contributed by atoms with Gasteiger partial charge in [0, 0.05) is 51.3 Å². The van der Waals surface area contributed by atoms with Crippen LogP contribution < -0.4 is 19.9 Å². The van der Waals surface area contributed by atoms with Crippen molar-refractivity contribution in [2.24, 2.45) is 0 Å². The maximum atomic E-state index is 13.1. The Hall–Kier alpha value is -3.13. The number of anilines is 2. The Balaban J connectivity index is 1.11. The summed E-state index contributed by atoms with van der Waals surface area (Å²) >= 11 is 0. The number of carbonyl (C=O) groups excluding carboxylic acids is 2. The molecular formula is C26H33FN4O3. The summed E-state index contributed by atoms with van der Waals surface area (Å²) in [5.74, 6) is 0.341. The van der Waals surface area contributed by atoms with E-state index in [9.17, 15) is 14.0 Å². The van der Waals surface area contributed by atoms with Gasteiger partial charge in [0.25, 0.3) is 0 Å². The second-order valence-corrected chi connectivity index (χ2v) is 8.91. The fourth-order valence-corrected chi connectivity index (χ4v) is 4.48. The molecule has 2 amide bonds. The van der Waals surface area contributed by atoms with E-state index in [-0.39, 0.29) is 36.6 Å². The molecule has 0 saturated carbocycles. The van der Waals surface area contributed by atoms with Gasteiger partial charge in [-0.1, -0.05) is 12.1 Å². The molecule has 34 heavy (non-hydrogen) atoms. The Bertz CT molecular complexity index is 976. The zero-order chi connectivity index (χ0) is 23.9. The first kappa shape index (κ1) is 24.0. The Morgan fingerprint density at radius 2 is 1.76 bits per heavy atom. The molecule has 2 heterocycles. The number of fused-ring (bicyclic) bond motifs is 1. The average molecular weight is 469 g/mol. The second kappa shape index (κ2) is 11.3. The van der Waals surface area contributed by atoms with Crippen molar-refractivity contribution in [3.8, 4) is 5.75 Å². The molecule has 7 nitrogen and oxygen atoms in total. The van der Waals surface area contributed by atoms with Crippen molar-refractivity contribution in [1.29, 1.82) is 0 Å². The number of piperazine rings is 1. The van der Waals surface area contributed by atoms with E-state index in [1.165, 1.54) is 12.1 Å². The smallest absolute Gasteiger partial charge is 0.227 e. The standard InChI is InChI=1S/C26H33FN4O3/c1-20-19-31(23-5-2-3-6-24(23)34-20)26(33)12-11-25(32)28-13-4-14-29-15-17-30(18-16-29)22-9-7-21(27)8-10-22/h2-3,5-10,20H,4,11-19H2,1H3,(H,28,32)/t20-/m0/s1. The van der Waals surface area contributed by atoms with E-state index >= 15 is 0 Å². The molecule has 2 aliphatic rings. The largest absolute Gasteiger partial charge is 0.487 e. The van der Waals surface area contributed by atoms with Crippen molar-refractivity contribution in [2.45, 2.75) is 32.3 Å². The fraction of sp³-hybridized carbons (Fsp3) is 0.462. The van der Waals surface area contributed by atoms with Crippen LogP contribution in [0.1, 0.15) is 26.2 Å². The van der Waals surface area contributed by atoms with E-state index < -0.39 is 0 Å². The maximum Gasteiger partial charge on any atom is 0.227 e. The van der Waals surface area contributed by atoms with Crippen molar-refractivity contribution in [3.63, 3.8) is 0 Å². The van der Waals surface area contributed by atoms with E-state index in [0.717, 1.165) is 50.5 Å². The van der Waals surface area contributed by atoms with Gasteiger partial charge in [-0.25, -0.2) is 4.39 Å². The number of amides is 2. The van der Waals surface area contributed by atoms with Gasteiger partial charge >= 0.3 is 0 Å². The summed E-state index contributed by atoms with van der Waals surface area (Å²) in [5, 5.41) is 2.94. The van der Waals surface area contributed by atoms with Gasteiger partial charge < -0.3 is 19.9 Å². The number of nitrogens with one attached hydrogen (secondary N) is 1. The zero-order valence-electron chi connectivity index (χ0n) is 19.7. The summed E-state index contributed by atoms with van der Waals surface area (Å²) in [6.45, 7) is 7.64. The Morgan fingerprint density at radius 1 is 1.03 bits per heavy atom. The van der Waals surface area contributed by atoms with Crippen LogP contribution >= 0.6 is 0 Å². The van der Waals surface area contributed by atoms with Crippen molar-refractivity contribution in [1.82, 2.24) is 10.2 Å².